The maximum atomic E-state index is 11.3. The van der Waals surface area contributed by atoms with Crippen molar-refractivity contribution in [3.8, 4) is 0 Å². The molecule has 0 aromatic heterocycles. The van der Waals surface area contributed by atoms with Crippen LogP contribution in [0.4, 0.5) is 0 Å². The molecule has 0 unspecified atom stereocenters. The van der Waals surface area contributed by atoms with E-state index in [4.69, 9.17) is 0 Å². The number of carbonyl (C=O) groups excluding carboxylic acids is 1. The number of hydrogen-bond acceptors (Lipinski definition) is 1. The SMILES string of the molecule is CC(=O)c1cc(C)c(I)c(C(C)C)c1. The van der Waals surface area contributed by atoms with Gasteiger partial charge in [0.1, 0.15) is 0 Å². The van der Waals surface area contributed by atoms with Crippen LogP contribution in [0.1, 0.15) is 48.2 Å². The average Bonchev–Trinajstić information content (AvgIpc) is 2.08. The fourth-order valence-corrected chi connectivity index (χ4v) is 2.35. The van der Waals surface area contributed by atoms with Gasteiger partial charge in [0.15, 0.2) is 5.78 Å². The molecule has 76 valence electrons. The molecule has 2 heteroatoms. The second-order valence-corrected chi connectivity index (χ2v) is 4.99. The van der Waals surface area contributed by atoms with E-state index in [0.29, 0.717) is 5.92 Å². The van der Waals surface area contributed by atoms with Crippen LogP contribution in [0.15, 0.2) is 12.1 Å². The third kappa shape index (κ3) is 2.35. The van der Waals surface area contributed by atoms with Crippen LogP contribution < -0.4 is 0 Å². The minimum Gasteiger partial charge on any atom is -0.295 e. The molecule has 0 spiro atoms. The Labute approximate surface area is 99.0 Å². The van der Waals surface area contributed by atoms with Crippen LogP contribution in [0.5, 0.6) is 0 Å². The van der Waals surface area contributed by atoms with E-state index in [-0.39, 0.29) is 5.78 Å². The molecule has 1 rings (SSSR count). The molecular weight excluding hydrogens is 287 g/mol. The van der Waals surface area contributed by atoms with Crippen molar-refractivity contribution in [3.05, 3.63) is 32.4 Å². The van der Waals surface area contributed by atoms with E-state index in [1.165, 1.54) is 14.7 Å². The van der Waals surface area contributed by atoms with Crippen molar-refractivity contribution in [2.45, 2.75) is 33.6 Å². The van der Waals surface area contributed by atoms with E-state index in [0.717, 1.165) is 5.56 Å². The molecule has 0 aliphatic heterocycles. The number of Topliss-reactive ketones (excluding diaryl/α,β-unsaturated/α-hetero) is 1. The predicted octanol–water partition coefficient (Wildman–Crippen LogP) is 3.93. The number of carbonyl (C=O) groups is 1. The first-order valence-corrected chi connectivity index (χ1v) is 5.82. The lowest BCUT2D eigenvalue weighted by atomic mass is 9.97. The van der Waals surface area contributed by atoms with Gasteiger partial charge in [0.25, 0.3) is 0 Å². The summed E-state index contributed by atoms with van der Waals surface area (Å²) in [6.07, 6.45) is 0. The van der Waals surface area contributed by atoms with Crippen molar-refractivity contribution >= 4 is 28.4 Å². The van der Waals surface area contributed by atoms with Gasteiger partial charge >= 0.3 is 0 Å². The molecule has 0 saturated carbocycles. The second-order valence-electron chi connectivity index (χ2n) is 3.91. The lowest BCUT2D eigenvalue weighted by Gasteiger charge is -2.12. The summed E-state index contributed by atoms with van der Waals surface area (Å²) in [5.41, 5.74) is 3.30. The smallest absolute Gasteiger partial charge is 0.159 e. The highest BCUT2D eigenvalue weighted by molar-refractivity contribution is 14.1. The molecule has 0 amide bonds. The molecule has 0 heterocycles. The summed E-state index contributed by atoms with van der Waals surface area (Å²) in [5.74, 6) is 0.617. The van der Waals surface area contributed by atoms with Crippen LogP contribution in [-0.2, 0) is 0 Å². The van der Waals surface area contributed by atoms with Gasteiger partial charge < -0.3 is 0 Å². The molecule has 14 heavy (non-hydrogen) atoms. The zero-order chi connectivity index (χ0) is 10.9. The number of aryl methyl sites for hydroxylation is 1. The highest BCUT2D eigenvalue weighted by atomic mass is 127. The quantitative estimate of drug-likeness (QED) is 0.597. The third-order valence-corrected chi connectivity index (χ3v) is 3.78. The standard InChI is InChI=1S/C12H15IO/c1-7(2)11-6-10(9(4)14)5-8(3)12(11)13/h5-7H,1-4H3. The number of benzene rings is 1. The van der Waals surface area contributed by atoms with Crippen molar-refractivity contribution in [2.24, 2.45) is 0 Å². The van der Waals surface area contributed by atoms with Gasteiger partial charge in [-0.2, -0.15) is 0 Å². The van der Waals surface area contributed by atoms with E-state index in [1.807, 2.05) is 12.1 Å². The van der Waals surface area contributed by atoms with E-state index in [1.54, 1.807) is 6.92 Å². The fourth-order valence-electron chi connectivity index (χ4n) is 1.42. The molecule has 1 nitrogen and oxygen atoms in total. The van der Waals surface area contributed by atoms with Crippen molar-refractivity contribution in [3.63, 3.8) is 0 Å². The minimum absolute atomic E-state index is 0.145. The monoisotopic (exact) mass is 302 g/mol. The Hall–Kier alpha value is -0.380. The number of halogens is 1. The summed E-state index contributed by atoms with van der Waals surface area (Å²) in [6.45, 7) is 7.98. The van der Waals surface area contributed by atoms with E-state index >= 15 is 0 Å². The molecule has 1 aromatic carbocycles. The maximum absolute atomic E-state index is 11.3. The van der Waals surface area contributed by atoms with Crippen LogP contribution in [0.2, 0.25) is 0 Å². The summed E-state index contributed by atoms with van der Waals surface area (Å²) < 4.78 is 1.28. The van der Waals surface area contributed by atoms with Gasteiger partial charge in [-0.05, 0) is 65.6 Å². The number of hydrogen-bond donors (Lipinski definition) is 0. The fraction of sp³-hybridized carbons (Fsp3) is 0.417. The summed E-state index contributed by atoms with van der Waals surface area (Å²) in [6, 6.07) is 3.98. The van der Waals surface area contributed by atoms with E-state index in [2.05, 4.69) is 43.4 Å². The Bertz CT molecular complexity index is 367. The molecule has 0 atom stereocenters. The van der Waals surface area contributed by atoms with E-state index in [9.17, 15) is 4.79 Å². The molecule has 0 aliphatic rings. The van der Waals surface area contributed by atoms with Crippen molar-refractivity contribution in [1.82, 2.24) is 0 Å². The number of rotatable bonds is 2. The van der Waals surface area contributed by atoms with Gasteiger partial charge in [-0.15, -0.1) is 0 Å². The van der Waals surface area contributed by atoms with E-state index < -0.39 is 0 Å². The molecule has 0 aliphatic carbocycles. The Morgan fingerprint density at radius 3 is 2.36 bits per heavy atom. The first kappa shape index (κ1) is 11.7. The zero-order valence-corrected chi connectivity index (χ0v) is 11.2. The van der Waals surface area contributed by atoms with Gasteiger partial charge in [-0.1, -0.05) is 13.8 Å². The van der Waals surface area contributed by atoms with Crippen LogP contribution >= 0.6 is 22.6 Å². The topological polar surface area (TPSA) is 17.1 Å². The molecule has 0 fully saturated rings. The normalized spacial score (nSPS) is 10.7. The molecule has 1 aromatic rings. The van der Waals surface area contributed by atoms with Gasteiger partial charge in [0.05, 0.1) is 0 Å². The molecule has 0 N–H and O–H groups in total. The summed E-state index contributed by atoms with van der Waals surface area (Å²) in [5, 5.41) is 0. The first-order valence-electron chi connectivity index (χ1n) is 4.74. The zero-order valence-electron chi connectivity index (χ0n) is 9.02. The van der Waals surface area contributed by atoms with Gasteiger partial charge in [-0.25, -0.2) is 0 Å². The third-order valence-electron chi connectivity index (χ3n) is 2.31. The number of ketones is 1. The van der Waals surface area contributed by atoms with Crippen LogP contribution in [0, 0.1) is 10.5 Å². The van der Waals surface area contributed by atoms with Crippen molar-refractivity contribution in [2.75, 3.05) is 0 Å². The maximum Gasteiger partial charge on any atom is 0.159 e. The Kier molecular flexibility index (Phi) is 3.70. The Balaban J connectivity index is 3.35. The molecule has 0 saturated heterocycles. The summed E-state index contributed by atoms with van der Waals surface area (Å²) >= 11 is 2.35. The first-order chi connectivity index (χ1) is 6.43. The minimum atomic E-state index is 0.145. The lowest BCUT2D eigenvalue weighted by Crippen LogP contribution is -2.00. The van der Waals surface area contributed by atoms with Gasteiger partial charge in [-0.3, -0.25) is 4.79 Å². The summed E-state index contributed by atoms with van der Waals surface area (Å²) in [4.78, 5) is 11.3. The van der Waals surface area contributed by atoms with Gasteiger partial charge in [0, 0.05) is 9.13 Å². The van der Waals surface area contributed by atoms with Crippen LogP contribution in [-0.4, -0.2) is 5.78 Å². The molecular formula is C12H15IO. The predicted molar refractivity (Wildman–Crippen MR) is 68.0 cm³/mol. The summed E-state index contributed by atoms with van der Waals surface area (Å²) in [7, 11) is 0. The average molecular weight is 302 g/mol. The van der Waals surface area contributed by atoms with Crippen LogP contribution in [0.3, 0.4) is 0 Å². The largest absolute Gasteiger partial charge is 0.295 e. The lowest BCUT2D eigenvalue weighted by molar-refractivity contribution is 0.101. The highest BCUT2D eigenvalue weighted by Crippen LogP contribution is 2.26. The Morgan fingerprint density at radius 1 is 1.36 bits per heavy atom. The Morgan fingerprint density at radius 2 is 1.93 bits per heavy atom. The second kappa shape index (κ2) is 4.43. The van der Waals surface area contributed by atoms with Crippen LogP contribution in [0.25, 0.3) is 0 Å². The van der Waals surface area contributed by atoms with Crippen molar-refractivity contribution in [1.29, 1.82) is 0 Å². The molecule has 0 radical (unpaired) electrons. The van der Waals surface area contributed by atoms with Crippen molar-refractivity contribution < 1.29 is 4.79 Å². The highest BCUT2D eigenvalue weighted by Gasteiger charge is 2.10. The van der Waals surface area contributed by atoms with Gasteiger partial charge in [0.2, 0.25) is 0 Å². The molecule has 0 bridgehead atoms.